The van der Waals surface area contributed by atoms with Crippen LogP contribution in [0.5, 0.6) is 0 Å². The maximum absolute atomic E-state index is 8.95. The van der Waals surface area contributed by atoms with Crippen LogP contribution in [0.15, 0.2) is 12.1 Å². The highest BCUT2D eigenvalue weighted by molar-refractivity contribution is 5.91. The van der Waals surface area contributed by atoms with E-state index >= 15 is 0 Å². The van der Waals surface area contributed by atoms with Gasteiger partial charge in [-0.3, -0.25) is 0 Å². The minimum absolute atomic E-state index is 0.0743. The van der Waals surface area contributed by atoms with Crippen molar-refractivity contribution < 1.29 is 5.11 Å². The number of H-pyrrole nitrogens is 2. The number of hydrogen-bond donors (Lipinski definition) is 3. The zero-order valence-corrected chi connectivity index (χ0v) is 8.20. The third-order valence-corrected chi connectivity index (χ3v) is 2.40. The Morgan fingerprint density at radius 3 is 2.67 bits per heavy atom. The van der Waals surface area contributed by atoms with Crippen LogP contribution in [0, 0.1) is 6.92 Å². The number of nitrogens with zero attached hydrogens (tertiary/aromatic N) is 2. The zero-order valence-electron chi connectivity index (χ0n) is 8.20. The van der Waals surface area contributed by atoms with Crippen LogP contribution in [0.1, 0.15) is 11.6 Å². The molecule has 3 aromatic rings. The van der Waals surface area contributed by atoms with Gasteiger partial charge >= 0.3 is 0 Å². The summed E-state index contributed by atoms with van der Waals surface area (Å²) >= 11 is 0. The predicted molar refractivity (Wildman–Crippen MR) is 56.4 cm³/mol. The molecule has 0 unspecified atom stereocenters. The Hall–Kier alpha value is -1.88. The van der Waals surface area contributed by atoms with E-state index in [1.54, 1.807) is 0 Å². The number of rotatable bonds is 1. The maximum Gasteiger partial charge on any atom is 0.133 e. The summed E-state index contributed by atoms with van der Waals surface area (Å²) in [4.78, 5) is 14.8. The zero-order chi connectivity index (χ0) is 10.4. The second-order valence-corrected chi connectivity index (χ2v) is 3.55. The van der Waals surface area contributed by atoms with Crippen LogP contribution in [0.4, 0.5) is 0 Å². The monoisotopic (exact) mass is 202 g/mol. The summed E-state index contributed by atoms with van der Waals surface area (Å²) in [5.41, 5.74) is 3.62. The normalized spacial score (nSPS) is 11.6. The van der Waals surface area contributed by atoms with Crippen molar-refractivity contribution in [2.24, 2.45) is 0 Å². The van der Waals surface area contributed by atoms with Gasteiger partial charge in [-0.25, -0.2) is 9.97 Å². The third kappa shape index (κ3) is 1.20. The van der Waals surface area contributed by atoms with Gasteiger partial charge in [0, 0.05) is 0 Å². The highest BCUT2D eigenvalue weighted by atomic mass is 16.3. The molecule has 0 spiro atoms. The van der Waals surface area contributed by atoms with Gasteiger partial charge in [0.1, 0.15) is 18.3 Å². The molecule has 0 saturated carbocycles. The lowest BCUT2D eigenvalue weighted by atomic mass is 10.3. The standard InChI is InChI=1S/C10H10N4O/c1-5-11-6-2-8-9(3-7(6)12-5)14-10(4-15)13-8/h2-3,15H,4H2,1H3,(H,11,12)(H,13,14). The first kappa shape index (κ1) is 8.43. The second-order valence-electron chi connectivity index (χ2n) is 3.55. The number of aromatic amines is 2. The van der Waals surface area contributed by atoms with Gasteiger partial charge in [0.25, 0.3) is 0 Å². The van der Waals surface area contributed by atoms with Gasteiger partial charge in [-0.1, -0.05) is 0 Å². The number of aryl methyl sites for hydroxylation is 1. The molecule has 76 valence electrons. The van der Waals surface area contributed by atoms with E-state index in [4.69, 9.17) is 5.11 Å². The summed E-state index contributed by atoms with van der Waals surface area (Å²) in [6.45, 7) is 1.84. The first-order chi connectivity index (χ1) is 7.26. The number of aliphatic hydroxyl groups is 1. The molecule has 5 heteroatoms. The fraction of sp³-hybridized carbons (Fsp3) is 0.200. The minimum Gasteiger partial charge on any atom is -0.388 e. The molecule has 0 aliphatic rings. The molecule has 5 nitrogen and oxygen atoms in total. The quantitative estimate of drug-likeness (QED) is 0.555. The van der Waals surface area contributed by atoms with Gasteiger partial charge in [0.15, 0.2) is 0 Å². The van der Waals surface area contributed by atoms with Gasteiger partial charge < -0.3 is 15.1 Å². The van der Waals surface area contributed by atoms with E-state index in [1.807, 2.05) is 19.1 Å². The van der Waals surface area contributed by atoms with Crippen LogP contribution in [0.2, 0.25) is 0 Å². The molecule has 0 radical (unpaired) electrons. The highest BCUT2D eigenvalue weighted by Gasteiger charge is 2.05. The first-order valence-electron chi connectivity index (χ1n) is 4.72. The molecule has 15 heavy (non-hydrogen) atoms. The predicted octanol–water partition coefficient (Wildman–Crippen LogP) is 1.24. The van der Waals surface area contributed by atoms with Crippen LogP contribution >= 0.6 is 0 Å². The van der Waals surface area contributed by atoms with E-state index in [2.05, 4.69) is 19.9 Å². The molecule has 0 atom stereocenters. The van der Waals surface area contributed by atoms with Crippen LogP contribution in [-0.4, -0.2) is 25.0 Å². The van der Waals surface area contributed by atoms with Crippen LogP contribution in [0.3, 0.4) is 0 Å². The van der Waals surface area contributed by atoms with Crippen molar-refractivity contribution in [1.82, 2.24) is 19.9 Å². The van der Waals surface area contributed by atoms with Gasteiger partial charge in [-0.2, -0.15) is 0 Å². The Balaban J connectivity index is 2.37. The lowest BCUT2D eigenvalue weighted by Gasteiger charge is -1.87. The average Bonchev–Trinajstić information content (AvgIpc) is 2.74. The van der Waals surface area contributed by atoms with Crippen LogP contribution in [-0.2, 0) is 6.61 Å². The number of hydrogen-bond acceptors (Lipinski definition) is 3. The highest BCUT2D eigenvalue weighted by Crippen LogP contribution is 2.19. The molecule has 0 saturated heterocycles. The van der Waals surface area contributed by atoms with E-state index in [0.29, 0.717) is 5.82 Å². The van der Waals surface area contributed by atoms with E-state index in [1.165, 1.54) is 0 Å². The van der Waals surface area contributed by atoms with Crippen LogP contribution in [0.25, 0.3) is 22.1 Å². The van der Waals surface area contributed by atoms with Gasteiger partial charge in [-0.05, 0) is 19.1 Å². The van der Waals surface area contributed by atoms with Gasteiger partial charge in [0.05, 0.1) is 22.1 Å². The molecule has 0 fully saturated rings. The molecule has 0 aliphatic heterocycles. The molecule has 3 rings (SSSR count). The number of benzene rings is 1. The molecular formula is C10H10N4O. The van der Waals surface area contributed by atoms with Crippen molar-refractivity contribution in [1.29, 1.82) is 0 Å². The summed E-state index contributed by atoms with van der Waals surface area (Å²) in [7, 11) is 0. The Morgan fingerprint density at radius 1 is 1.13 bits per heavy atom. The maximum atomic E-state index is 8.95. The van der Waals surface area contributed by atoms with Crippen molar-refractivity contribution in [3.05, 3.63) is 23.8 Å². The molecule has 0 bridgehead atoms. The molecule has 0 aliphatic carbocycles. The molecule has 3 N–H and O–H groups in total. The number of aromatic nitrogens is 4. The Morgan fingerprint density at radius 2 is 1.87 bits per heavy atom. The van der Waals surface area contributed by atoms with Crippen molar-refractivity contribution in [2.45, 2.75) is 13.5 Å². The lowest BCUT2D eigenvalue weighted by molar-refractivity contribution is 0.273. The summed E-state index contributed by atoms with van der Waals surface area (Å²) in [5, 5.41) is 8.95. The van der Waals surface area contributed by atoms with E-state index in [0.717, 1.165) is 27.9 Å². The summed E-state index contributed by atoms with van der Waals surface area (Å²) < 4.78 is 0. The van der Waals surface area contributed by atoms with E-state index < -0.39 is 0 Å². The molecule has 2 heterocycles. The van der Waals surface area contributed by atoms with E-state index in [-0.39, 0.29) is 6.61 Å². The number of fused-ring (bicyclic) bond motifs is 2. The summed E-state index contributed by atoms with van der Waals surface area (Å²) in [6, 6.07) is 3.86. The SMILES string of the molecule is Cc1nc2cc3nc(CO)[nH]c3cc2[nH]1. The van der Waals surface area contributed by atoms with Crippen LogP contribution < -0.4 is 0 Å². The Labute approximate surface area is 85.2 Å². The first-order valence-corrected chi connectivity index (χ1v) is 4.72. The summed E-state index contributed by atoms with van der Waals surface area (Å²) in [5.74, 6) is 1.47. The number of nitrogens with one attached hydrogen (secondary N) is 2. The molecular weight excluding hydrogens is 192 g/mol. The second kappa shape index (κ2) is 2.80. The Kier molecular flexibility index (Phi) is 1.58. The smallest absolute Gasteiger partial charge is 0.133 e. The number of imidazole rings is 2. The van der Waals surface area contributed by atoms with Crippen molar-refractivity contribution in [3.8, 4) is 0 Å². The molecule has 1 aromatic carbocycles. The van der Waals surface area contributed by atoms with Gasteiger partial charge in [0.2, 0.25) is 0 Å². The topological polar surface area (TPSA) is 77.6 Å². The third-order valence-electron chi connectivity index (χ3n) is 2.40. The molecule has 2 aromatic heterocycles. The average molecular weight is 202 g/mol. The fourth-order valence-electron chi connectivity index (χ4n) is 1.77. The number of aliphatic hydroxyl groups excluding tert-OH is 1. The van der Waals surface area contributed by atoms with Crippen molar-refractivity contribution in [3.63, 3.8) is 0 Å². The van der Waals surface area contributed by atoms with Crippen molar-refractivity contribution in [2.75, 3.05) is 0 Å². The minimum atomic E-state index is -0.0743. The van der Waals surface area contributed by atoms with Crippen molar-refractivity contribution >= 4 is 22.1 Å². The van der Waals surface area contributed by atoms with Gasteiger partial charge in [-0.15, -0.1) is 0 Å². The fourth-order valence-corrected chi connectivity index (χ4v) is 1.77. The van der Waals surface area contributed by atoms with E-state index in [9.17, 15) is 0 Å². The summed E-state index contributed by atoms with van der Waals surface area (Å²) in [6.07, 6.45) is 0. The lowest BCUT2D eigenvalue weighted by Crippen LogP contribution is -1.83. The largest absolute Gasteiger partial charge is 0.388 e. The molecule has 0 amide bonds. The Bertz CT molecular complexity index is 586.